The number of benzene rings is 1. The van der Waals surface area contributed by atoms with Crippen molar-refractivity contribution in [2.45, 2.75) is 52.5 Å². The molecule has 5 heteroatoms. The minimum absolute atomic E-state index is 0.202. The summed E-state index contributed by atoms with van der Waals surface area (Å²) in [6, 6.07) is 5.36. The second-order valence-electron chi connectivity index (χ2n) is 6.39. The van der Waals surface area contributed by atoms with Crippen LogP contribution < -0.4 is 4.90 Å². The molecule has 0 atom stereocenters. The lowest BCUT2D eigenvalue weighted by atomic mass is 10.1. The van der Waals surface area contributed by atoms with Gasteiger partial charge < -0.3 is 4.90 Å². The molecule has 1 aromatic carbocycles. The summed E-state index contributed by atoms with van der Waals surface area (Å²) in [5.74, 6) is 0. The van der Waals surface area contributed by atoms with E-state index in [1.807, 2.05) is 6.07 Å². The normalized spacial score (nSPS) is 15.3. The molecule has 0 aromatic heterocycles. The van der Waals surface area contributed by atoms with Gasteiger partial charge in [-0.3, -0.25) is 15.0 Å². The number of non-ortho nitro benzene ring substituents is 1. The second kappa shape index (κ2) is 8.87. The van der Waals surface area contributed by atoms with Crippen molar-refractivity contribution in [3.05, 3.63) is 33.9 Å². The molecule has 0 saturated heterocycles. The molecule has 1 aliphatic rings. The molecule has 0 saturated carbocycles. The minimum Gasteiger partial charge on any atom is -0.370 e. The van der Waals surface area contributed by atoms with E-state index in [1.54, 1.807) is 12.1 Å². The predicted molar refractivity (Wildman–Crippen MR) is 95.0 cm³/mol. The number of rotatable bonds is 8. The van der Waals surface area contributed by atoms with Gasteiger partial charge in [0.05, 0.1) is 4.92 Å². The van der Waals surface area contributed by atoms with E-state index >= 15 is 0 Å². The van der Waals surface area contributed by atoms with Crippen LogP contribution in [0.3, 0.4) is 0 Å². The molecule has 0 N–H and O–H groups in total. The van der Waals surface area contributed by atoms with Crippen LogP contribution in [0.25, 0.3) is 0 Å². The van der Waals surface area contributed by atoms with Crippen LogP contribution >= 0.6 is 0 Å². The average Bonchev–Trinajstić information content (AvgIpc) is 2.70. The highest BCUT2D eigenvalue weighted by Gasteiger charge is 2.21. The Morgan fingerprint density at radius 3 is 2.61 bits per heavy atom. The molecule has 1 aliphatic heterocycles. The van der Waals surface area contributed by atoms with Crippen molar-refractivity contribution in [2.24, 2.45) is 0 Å². The number of nitro benzene ring substituents is 1. The Bertz CT molecular complexity index is 519. The molecule has 23 heavy (non-hydrogen) atoms. The third-order valence-corrected chi connectivity index (χ3v) is 4.52. The van der Waals surface area contributed by atoms with E-state index in [1.165, 1.54) is 31.4 Å². The van der Waals surface area contributed by atoms with E-state index < -0.39 is 0 Å². The fraction of sp³-hybridized carbons (Fsp3) is 0.667. The van der Waals surface area contributed by atoms with Crippen LogP contribution in [-0.4, -0.2) is 36.0 Å². The van der Waals surface area contributed by atoms with Crippen LogP contribution in [0.2, 0.25) is 0 Å². The Labute approximate surface area is 139 Å². The maximum absolute atomic E-state index is 11.1. The van der Waals surface area contributed by atoms with Crippen molar-refractivity contribution in [1.29, 1.82) is 0 Å². The Hall–Kier alpha value is -1.62. The monoisotopic (exact) mass is 319 g/mol. The zero-order valence-electron chi connectivity index (χ0n) is 14.5. The van der Waals surface area contributed by atoms with Crippen molar-refractivity contribution in [2.75, 3.05) is 31.1 Å². The van der Waals surface area contributed by atoms with Gasteiger partial charge in [-0.1, -0.05) is 33.1 Å². The van der Waals surface area contributed by atoms with Gasteiger partial charge in [-0.15, -0.1) is 0 Å². The molecule has 128 valence electrons. The summed E-state index contributed by atoms with van der Waals surface area (Å²) >= 11 is 0. The van der Waals surface area contributed by atoms with Gasteiger partial charge in [0.25, 0.3) is 5.69 Å². The number of nitrogens with zero attached hydrogens (tertiary/aromatic N) is 3. The third-order valence-electron chi connectivity index (χ3n) is 4.52. The standard InChI is InChI=1S/C18H29N3O2/c1-3-5-6-7-11-20-13-12-19(10-4-2)15-16-14-17(21(22)23)8-9-18(16)20/h8-9,14H,3-7,10-13,15H2,1-2H3. The molecule has 5 nitrogen and oxygen atoms in total. The van der Waals surface area contributed by atoms with Gasteiger partial charge in [0.1, 0.15) is 0 Å². The topological polar surface area (TPSA) is 49.6 Å². The van der Waals surface area contributed by atoms with Gasteiger partial charge in [-0.25, -0.2) is 0 Å². The fourth-order valence-corrected chi connectivity index (χ4v) is 3.29. The van der Waals surface area contributed by atoms with Crippen LogP contribution in [0.4, 0.5) is 11.4 Å². The molecule has 0 bridgehead atoms. The summed E-state index contributed by atoms with van der Waals surface area (Å²) < 4.78 is 0. The van der Waals surface area contributed by atoms with Gasteiger partial charge in [-0.2, -0.15) is 0 Å². The van der Waals surface area contributed by atoms with Crippen LogP contribution in [0, 0.1) is 10.1 Å². The first kappa shape index (κ1) is 17.7. The number of anilines is 1. The Balaban J connectivity index is 2.17. The molecule has 0 unspecified atom stereocenters. The molecule has 1 heterocycles. The molecule has 0 radical (unpaired) electrons. The van der Waals surface area contributed by atoms with Crippen molar-refractivity contribution in [1.82, 2.24) is 4.90 Å². The largest absolute Gasteiger partial charge is 0.370 e. The molecular formula is C18H29N3O2. The van der Waals surface area contributed by atoms with Gasteiger partial charge in [-0.05, 0) is 31.0 Å². The summed E-state index contributed by atoms with van der Waals surface area (Å²) in [4.78, 5) is 15.6. The van der Waals surface area contributed by atoms with Crippen LogP contribution in [-0.2, 0) is 6.54 Å². The highest BCUT2D eigenvalue weighted by atomic mass is 16.6. The summed E-state index contributed by atoms with van der Waals surface area (Å²) in [6.07, 6.45) is 6.09. The van der Waals surface area contributed by atoms with E-state index in [9.17, 15) is 10.1 Å². The van der Waals surface area contributed by atoms with Crippen LogP contribution in [0.1, 0.15) is 51.5 Å². The minimum atomic E-state index is -0.291. The third kappa shape index (κ3) is 4.93. The summed E-state index contributed by atoms with van der Waals surface area (Å²) in [6.45, 7) is 9.36. The number of unbranched alkanes of at least 4 members (excludes halogenated alkanes) is 3. The maximum Gasteiger partial charge on any atom is 0.269 e. The van der Waals surface area contributed by atoms with Gasteiger partial charge in [0.2, 0.25) is 0 Å². The highest BCUT2D eigenvalue weighted by Crippen LogP contribution is 2.29. The van der Waals surface area contributed by atoms with Gasteiger partial charge >= 0.3 is 0 Å². The van der Waals surface area contributed by atoms with E-state index in [2.05, 4.69) is 23.6 Å². The maximum atomic E-state index is 11.1. The molecule has 2 rings (SSSR count). The average molecular weight is 319 g/mol. The molecule has 0 amide bonds. The molecule has 0 aliphatic carbocycles. The first-order valence-electron chi connectivity index (χ1n) is 8.90. The SMILES string of the molecule is CCCCCCN1CCN(CCC)Cc2cc([N+](=O)[O-])ccc21. The lowest BCUT2D eigenvalue weighted by molar-refractivity contribution is -0.384. The Kier molecular flexibility index (Phi) is 6.84. The molecule has 1 aromatic rings. The Morgan fingerprint density at radius 1 is 1.09 bits per heavy atom. The fourth-order valence-electron chi connectivity index (χ4n) is 3.29. The molecule has 0 spiro atoms. The number of hydrogen-bond acceptors (Lipinski definition) is 4. The van der Waals surface area contributed by atoms with Crippen LogP contribution in [0.5, 0.6) is 0 Å². The second-order valence-corrected chi connectivity index (χ2v) is 6.39. The smallest absolute Gasteiger partial charge is 0.269 e. The van der Waals surface area contributed by atoms with Crippen molar-refractivity contribution < 1.29 is 4.92 Å². The van der Waals surface area contributed by atoms with Crippen molar-refractivity contribution in [3.8, 4) is 0 Å². The zero-order chi connectivity index (χ0) is 16.7. The lowest BCUT2D eigenvalue weighted by Gasteiger charge is -2.25. The molecular weight excluding hydrogens is 290 g/mol. The summed E-state index contributed by atoms with van der Waals surface area (Å²) in [5.41, 5.74) is 2.49. The predicted octanol–water partition coefficient (Wildman–Crippen LogP) is 4.21. The summed E-state index contributed by atoms with van der Waals surface area (Å²) in [7, 11) is 0. The van der Waals surface area contributed by atoms with Crippen molar-refractivity contribution in [3.63, 3.8) is 0 Å². The first-order valence-corrected chi connectivity index (χ1v) is 8.90. The highest BCUT2D eigenvalue weighted by molar-refractivity contribution is 5.58. The van der Waals surface area contributed by atoms with E-state index in [4.69, 9.17) is 0 Å². The van der Waals surface area contributed by atoms with Crippen LogP contribution in [0.15, 0.2) is 18.2 Å². The lowest BCUT2D eigenvalue weighted by Crippen LogP contribution is -2.32. The Morgan fingerprint density at radius 2 is 1.91 bits per heavy atom. The number of nitro groups is 1. The quantitative estimate of drug-likeness (QED) is 0.409. The zero-order valence-corrected chi connectivity index (χ0v) is 14.5. The molecule has 0 fully saturated rings. The van der Waals surface area contributed by atoms with E-state index in [-0.39, 0.29) is 10.6 Å². The summed E-state index contributed by atoms with van der Waals surface area (Å²) in [5, 5.41) is 11.1. The van der Waals surface area contributed by atoms with Crippen molar-refractivity contribution >= 4 is 11.4 Å². The van der Waals surface area contributed by atoms with Gasteiger partial charge in [0, 0.05) is 44.0 Å². The number of fused-ring (bicyclic) bond motifs is 1. The first-order chi connectivity index (χ1) is 11.2. The van der Waals surface area contributed by atoms with E-state index in [0.29, 0.717) is 0 Å². The number of hydrogen-bond donors (Lipinski definition) is 0. The van der Waals surface area contributed by atoms with E-state index in [0.717, 1.165) is 44.7 Å². The van der Waals surface area contributed by atoms with Gasteiger partial charge in [0.15, 0.2) is 0 Å².